The van der Waals surface area contributed by atoms with E-state index < -0.39 is 0 Å². The van der Waals surface area contributed by atoms with Gasteiger partial charge < -0.3 is 24.0 Å². The van der Waals surface area contributed by atoms with Gasteiger partial charge in [0.05, 0.1) is 30.2 Å². The molecule has 1 aliphatic carbocycles. The Bertz CT molecular complexity index is 1070. The van der Waals surface area contributed by atoms with Crippen molar-refractivity contribution in [3.05, 3.63) is 30.2 Å². The first-order valence-electron chi connectivity index (χ1n) is 12.3. The lowest BCUT2D eigenvalue weighted by atomic mass is 9.94. The molecule has 4 aliphatic rings. The van der Waals surface area contributed by atoms with E-state index in [0.29, 0.717) is 30.2 Å². The summed E-state index contributed by atoms with van der Waals surface area (Å²) in [6.07, 6.45) is 9.22. The third-order valence-electron chi connectivity index (χ3n) is 6.84. The van der Waals surface area contributed by atoms with E-state index in [0.717, 1.165) is 68.0 Å². The third kappa shape index (κ3) is 5.40. The Labute approximate surface area is 206 Å². The summed E-state index contributed by atoms with van der Waals surface area (Å²) in [5, 5.41) is 0. The first kappa shape index (κ1) is 23.5. The molecule has 2 aromatic rings. The molecule has 0 spiro atoms. The zero-order valence-electron chi connectivity index (χ0n) is 20.6. The molecule has 4 fully saturated rings. The Morgan fingerprint density at radius 1 is 1.11 bits per heavy atom. The van der Waals surface area contributed by atoms with Gasteiger partial charge in [-0.3, -0.25) is 9.79 Å². The van der Waals surface area contributed by atoms with Crippen LogP contribution >= 0.6 is 0 Å². The maximum atomic E-state index is 11.0. The summed E-state index contributed by atoms with van der Waals surface area (Å²) in [6, 6.07) is 5.97. The van der Waals surface area contributed by atoms with Crippen molar-refractivity contribution in [2.45, 2.75) is 63.4 Å². The van der Waals surface area contributed by atoms with E-state index in [9.17, 15) is 4.79 Å². The minimum atomic E-state index is 0.0805. The van der Waals surface area contributed by atoms with E-state index in [1.807, 2.05) is 32.0 Å². The highest BCUT2D eigenvalue weighted by Crippen LogP contribution is 2.44. The summed E-state index contributed by atoms with van der Waals surface area (Å²) in [4.78, 5) is 28.3. The summed E-state index contributed by atoms with van der Waals surface area (Å²) in [5.74, 6) is 2.13. The lowest BCUT2D eigenvalue weighted by Gasteiger charge is -2.48. The van der Waals surface area contributed by atoms with Crippen LogP contribution < -0.4 is 19.3 Å². The molecule has 0 radical (unpaired) electrons. The lowest BCUT2D eigenvalue weighted by Crippen LogP contribution is -2.57. The number of morpholine rings is 1. The monoisotopic (exact) mass is 479 g/mol. The summed E-state index contributed by atoms with van der Waals surface area (Å²) in [5.41, 5.74) is 2.66. The maximum absolute atomic E-state index is 11.0. The number of carbonyl (C=O) groups is 1. The van der Waals surface area contributed by atoms with E-state index in [1.165, 1.54) is 6.21 Å². The zero-order valence-corrected chi connectivity index (χ0v) is 20.6. The van der Waals surface area contributed by atoms with Gasteiger partial charge in [-0.1, -0.05) is 0 Å². The molecule has 186 valence electrons. The first-order chi connectivity index (χ1) is 17.0. The van der Waals surface area contributed by atoms with Crippen LogP contribution in [0.3, 0.4) is 0 Å². The Kier molecular flexibility index (Phi) is 6.86. The Morgan fingerprint density at radius 3 is 2.43 bits per heavy atom. The lowest BCUT2D eigenvalue weighted by molar-refractivity contribution is -0.133. The molecule has 3 aliphatic heterocycles. The molecule has 2 unspecified atom stereocenters. The number of fused-ring (bicyclic) bond motifs is 2. The van der Waals surface area contributed by atoms with E-state index in [-0.39, 0.29) is 12.2 Å². The highest BCUT2D eigenvalue weighted by Gasteiger charge is 2.38. The summed E-state index contributed by atoms with van der Waals surface area (Å²) >= 11 is 0. The van der Waals surface area contributed by atoms with Crippen LogP contribution in [0.15, 0.2) is 29.4 Å². The Morgan fingerprint density at radius 2 is 1.80 bits per heavy atom. The van der Waals surface area contributed by atoms with Gasteiger partial charge in [0.15, 0.2) is 6.29 Å². The predicted molar refractivity (Wildman–Crippen MR) is 135 cm³/mol. The van der Waals surface area contributed by atoms with Crippen LogP contribution in [0.4, 0.5) is 17.1 Å². The normalized spacial score (nSPS) is 25.7. The fourth-order valence-electron chi connectivity index (χ4n) is 5.19. The molecular formula is C26H33N5O4. The Balaban J connectivity index is 1.32. The number of aliphatic imine (C=N–C) groups is 1. The number of anilines is 2. The molecule has 1 aromatic carbocycles. The molecule has 2 atom stereocenters. The molecule has 0 N–H and O–H groups in total. The standard InChI is InChI=1S/C26H33N5O4/c1-17-27-9-8-25(29-17)35-20-6-4-19(5-7-20)34-24-13-18(31-15-21-14-22(16-31)33-21)12-23(28-10-11-32)26(24)30(2)3/h8-13,19-22H,4-7,14-16H2,1-3H3/b28-10-. The molecular weight excluding hydrogens is 446 g/mol. The fourth-order valence-corrected chi connectivity index (χ4v) is 5.19. The van der Waals surface area contributed by atoms with Gasteiger partial charge in [0, 0.05) is 57.6 Å². The smallest absolute Gasteiger partial charge is 0.216 e. The SMILES string of the molecule is Cc1nccc(OC2CCC(Oc3cc(N4CC5CC(C4)O5)cc(/N=C\C=O)c3N(C)C)CC2)n1. The average molecular weight is 480 g/mol. The molecule has 2 bridgehead atoms. The maximum Gasteiger partial charge on any atom is 0.216 e. The van der Waals surface area contributed by atoms with Gasteiger partial charge in [-0.2, -0.15) is 4.98 Å². The third-order valence-corrected chi connectivity index (χ3v) is 6.84. The van der Waals surface area contributed by atoms with Crippen molar-refractivity contribution >= 4 is 29.6 Å². The van der Waals surface area contributed by atoms with E-state index in [1.54, 1.807) is 12.3 Å². The van der Waals surface area contributed by atoms with E-state index >= 15 is 0 Å². The molecule has 3 saturated heterocycles. The van der Waals surface area contributed by atoms with Crippen molar-refractivity contribution < 1.29 is 19.0 Å². The number of hydrogen-bond acceptors (Lipinski definition) is 9. The molecule has 35 heavy (non-hydrogen) atoms. The first-order valence-corrected chi connectivity index (χ1v) is 12.3. The summed E-state index contributed by atoms with van der Waals surface area (Å²) < 4.78 is 18.5. The predicted octanol–water partition coefficient (Wildman–Crippen LogP) is 3.50. The number of aromatic nitrogens is 2. The van der Waals surface area contributed by atoms with Crippen molar-refractivity contribution in [2.75, 3.05) is 37.0 Å². The highest BCUT2D eigenvalue weighted by atomic mass is 16.5. The molecule has 6 rings (SSSR count). The second-order valence-corrected chi connectivity index (χ2v) is 9.72. The molecule has 9 nitrogen and oxygen atoms in total. The minimum Gasteiger partial charge on any atom is -0.488 e. The second-order valence-electron chi connectivity index (χ2n) is 9.72. The number of nitrogens with zero attached hydrogens (tertiary/aromatic N) is 5. The number of aldehydes is 1. The van der Waals surface area contributed by atoms with Gasteiger partial charge in [0.2, 0.25) is 5.88 Å². The fraction of sp³-hybridized carbons (Fsp3) is 0.538. The average Bonchev–Trinajstić information content (AvgIpc) is 2.83. The van der Waals surface area contributed by atoms with Crippen molar-refractivity contribution in [3.8, 4) is 11.6 Å². The number of aryl methyl sites for hydroxylation is 1. The number of benzene rings is 1. The number of rotatable bonds is 8. The van der Waals surface area contributed by atoms with Crippen LogP contribution in [0.25, 0.3) is 0 Å². The Hall–Kier alpha value is -3.20. The zero-order chi connectivity index (χ0) is 24.4. The summed E-state index contributed by atoms with van der Waals surface area (Å²) in [7, 11) is 3.94. The van der Waals surface area contributed by atoms with E-state index in [4.69, 9.17) is 14.2 Å². The van der Waals surface area contributed by atoms with Crippen LogP contribution in [-0.4, -0.2) is 74.1 Å². The van der Waals surface area contributed by atoms with Crippen LogP contribution in [0, 0.1) is 6.92 Å². The molecule has 4 heterocycles. The van der Waals surface area contributed by atoms with Gasteiger partial charge in [0.25, 0.3) is 0 Å². The van der Waals surface area contributed by atoms with Crippen LogP contribution in [0.5, 0.6) is 11.6 Å². The quantitative estimate of drug-likeness (QED) is 0.420. The number of ether oxygens (including phenoxy) is 3. The van der Waals surface area contributed by atoms with Gasteiger partial charge in [-0.25, -0.2) is 4.98 Å². The second kappa shape index (κ2) is 10.2. The van der Waals surface area contributed by atoms with Crippen molar-refractivity contribution in [1.29, 1.82) is 0 Å². The molecule has 9 heteroatoms. The number of hydrogen-bond donors (Lipinski definition) is 0. The largest absolute Gasteiger partial charge is 0.488 e. The minimum absolute atomic E-state index is 0.0805. The molecule has 1 aromatic heterocycles. The van der Waals surface area contributed by atoms with Crippen molar-refractivity contribution in [1.82, 2.24) is 9.97 Å². The van der Waals surface area contributed by atoms with Crippen LogP contribution in [-0.2, 0) is 9.53 Å². The highest BCUT2D eigenvalue weighted by molar-refractivity contribution is 6.14. The number of carbonyl (C=O) groups excluding carboxylic acids is 1. The molecule has 0 amide bonds. The van der Waals surface area contributed by atoms with Crippen molar-refractivity contribution in [3.63, 3.8) is 0 Å². The van der Waals surface area contributed by atoms with Gasteiger partial charge in [0.1, 0.15) is 23.4 Å². The van der Waals surface area contributed by atoms with E-state index in [2.05, 4.69) is 25.9 Å². The van der Waals surface area contributed by atoms with Gasteiger partial charge >= 0.3 is 0 Å². The summed E-state index contributed by atoms with van der Waals surface area (Å²) in [6.45, 7) is 3.58. The number of piperidine rings is 1. The van der Waals surface area contributed by atoms with Crippen molar-refractivity contribution in [2.24, 2.45) is 4.99 Å². The molecule has 1 saturated carbocycles. The van der Waals surface area contributed by atoms with Gasteiger partial charge in [-0.15, -0.1) is 0 Å². The van der Waals surface area contributed by atoms with Gasteiger partial charge in [-0.05, 0) is 38.7 Å². The topological polar surface area (TPSA) is 89.4 Å². The van der Waals surface area contributed by atoms with Crippen LogP contribution in [0.2, 0.25) is 0 Å². The van der Waals surface area contributed by atoms with Crippen LogP contribution in [0.1, 0.15) is 37.9 Å².